The second-order valence-electron chi connectivity index (χ2n) is 4.86. The molecule has 1 aliphatic rings. The minimum absolute atomic E-state index is 0.178. The van der Waals surface area contributed by atoms with Gasteiger partial charge in [0.05, 0.1) is 12.3 Å². The summed E-state index contributed by atoms with van der Waals surface area (Å²) in [4.78, 5) is 16.4. The first kappa shape index (κ1) is 15.6. The summed E-state index contributed by atoms with van der Waals surface area (Å²) in [7, 11) is 0. The van der Waals surface area contributed by atoms with E-state index in [-0.39, 0.29) is 5.70 Å². The van der Waals surface area contributed by atoms with E-state index >= 15 is 0 Å². The SMILES string of the molecule is CCOC(=O)/C(N)=C1\CCCCC1=Nc1cccc(Cl)c1. The van der Waals surface area contributed by atoms with Crippen LogP contribution in [0.5, 0.6) is 0 Å². The van der Waals surface area contributed by atoms with Crippen LogP contribution in [0.3, 0.4) is 0 Å². The molecule has 5 heteroatoms. The largest absolute Gasteiger partial charge is 0.461 e. The van der Waals surface area contributed by atoms with E-state index in [2.05, 4.69) is 4.99 Å². The molecular formula is C16H19ClN2O2. The summed E-state index contributed by atoms with van der Waals surface area (Å²) in [5, 5.41) is 0.636. The van der Waals surface area contributed by atoms with Crippen LogP contribution in [0.4, 0.5) is 5.69 Å². The molecule has 1 saturated carbocycles. The number of aliphatic imine (C=N–C) groups is 1. The normalized spacial score (nSPS) is 19.4. The number of halogens is 1. The van der Waals surface area contributed by atoms with E-state index in [1.165, 1.54) is 0 Å². The van der Waals surface area contributed by atoms with Gasteiger partial charge < -0.3 is 10.5 Å². The third-order valence-electron chi connectivity index (χ3n) is 3.33. The van der Waals surface area contributed by atoms with E-state index in [0.29, 0.717) is 11.6 Å². The molecule has 1 fully saturated rings. The third-order valence-corrected chi connectivity index (χ3v) is 3.57. The minimum Gasteiger partial charge on any atom is -0.461 e. The Hall–Kier alpha value is -1.81. The Balaban J connectivity index is 2.35. The van der Waals surface area contributed by atoms with Crippen LogP contribution in [0.15, 0.2) is 40.5 Å². The van der Waals surface area contributed by atoms with Crippen LogP contribution in [0.2, 0.25) is 5.02 Å². The zero-order valence-corrected chi connectivity index (χ0v) is 12.8. The summed E-state index contributed by atoms with van der Waals surface area (Å²) < 4.78 is 4.98. The van der Waals surface area contributed by atoms with E-state index in [1.54, 1.807) is 19.1 Å². The summed E-state index contributed by atoms with van der Waals surface area (Å²) in [6, 6.07) is 7.32. The fourth-order valence-corrected chi connectivity index (χ4v) is 2.52. The highest BCUT2D eigenvalue weighted by atomic mass is 35.5. The van der Waals surface area contributed by atoms with Gasteiger partial charge in [-0.1, -0.05) is 17.7 Å². The Bertz CT molecular complexity index is 594. The van der Waals surface area contributed by atoms with E-state index in [0.717, 1.165) is 42.7 Å². The molecule has 1 aliphatic carbocycles. The maximum Gasteiger partial charge on any atom is 0.354 e. The summed E-state index contributed by atoms with van der Waals surface area (Å²) >= 11 is 5.97. The first-order valence-corrected chi connectivity index (χ1v) is 7.49. The lowest BCUT2D eigenvalue weighted by molar-refractivity contribution is -0.138. The van der Waals surface area contributed by atoms with Gasteiger partial charge in [-0.2, -0.15) is 0 Å². The van der Waals surface area contributed by atoms with Gasteiger partial charge in [-0.05, 0) is 50.8 Å². The number of hydrogen-bond donors (Lipinski definition) is 1. The molecule has 0 bridgehead atoms. The van der Waals surface area contributed by atoms with Crippen molar-refractivity contribution in [2.75, 3.05) is 6.61 Å². The number of ether oxygens (including phenoxy) is 1. The molecule has 4 nitrogen and oxygen atoms in total. The highest BCUT2D eigenvalue weighted by Gasteiger charge is 2.21. The second-order valence-corrected chi connectivity index (χ2v) is 5.29. The van der Waals surface area contributed by atoms with Gasteiger partial charge >= 0.3 is 5.97 Å². The van der Waals surface area contributed by atoms with E-state index in [1.807, 2.05) is 12.1 Å². The van der Waals surface area contributed by atoms with Crippen LogP contribution in [0, 0.1) is 0 Å². The molecule has 0 amide bonds. The van der Waals surface area contributed by atoms with Crippen LogP contribution in [0.25, 0.3) is 0 Å². The molecule has 0 saturated heterocycles. The van der Waals surface area contributed by atoms with Crippen molar-refractivity contribution in [2.45, 2.75) is 32.6 Å². The molecule has 2 N–H and O–H groups in total. The Kier molecular flexibility index (Phi) is 5.39. The quantitative estimate of drug-likeness (QED) is 0.683. The Morgan fingerprint density at radius 1 is 1.38 bits per heavy atom. The van der Waals surface area contributed by atoms with Crippen LogP contribution in [-0.2, 0) is 9.53 Å². The summed E-state index contributed by atoms with van der Waals surface area (Å²) in [5.41, 5.74) is 8.56. The Morgan fingerprint density at radius 2 is 2.14 bits per heavy atom. The lowest BCUT2D eigenvalue weighted by atomic mass is 9.91. The van der Waals surface area contributed by atoms with Gasteiger partial charge in [-0.15, -0.1) is 0 Å². The monoisotopic (exact) mass is 306 g/mol. The zero-order valence-electron chi connectivity index (χ0n) is 12.1. The fourth-order valence-electron chi connectivity index (χ4n) is 2.34. The predicted octanol–water partition coefficient (Wildman–Crippen LogP) is 3.76. The summed E-state index contributed by atoms with van der Waals surface area (Å²) in [5.74, 6) is -0.465. The molecule has 21 heavy (non-hydrogen) atoms. The maximum atomic E-state index is 11.8. The lowest BCUT2D eigenvalue weighted by Crippen LogP contribution is -2.22. The number of carbonyl (C=O) groups is 1. The Morgan fingerprint density at radius 3 is 2.86 bits per heavy atom. The zero-order chi connectivity index (χ0) is 15.2. The van der Waals surface area contributed by atoms with Crippen molar-refractivity contribution >= 4 is 29.0 Å². The maximum absolute atomic E-state index is 11.8. The first-order valence-electron chi connectivity index (χ1n) is 7.11. The highest BCUT2D eigenvalue weighted by molar-refractivity contribution is 6.30. The van der Waals surface area contributed by atoms with E-state index in [9.17, 15) is 4.79 Å². The van der Waals surface area contributed by atoms with Crippen LogP contribution >= 0.6 is 11.6 Å². The van der Waals surface area contributed by atoms with Crippen LogP contribution in [-0.4, -0.2) is 18.3 Å². The van der Waals surface area contributed by atoms with E-state index < -0.39 is 5.97 Å². The summed E-state index contributed by atoms with van der Waals surface area (Å²) in [6.07, 6.45) is 3.61. The molecule has 0 aromatic heterocycles. The van der Waals surface area contributed by atoms with Gasteiger partial charge in [-0.25, -0.2) is 4.79 Å². The number of carbonyl (C=O) groups excluding carboxylic acids is 1. The topological polar surface area (TPSA) is 64.7 Å². The van der Waals surface area contributed by atoms with Crippen molar-refractivity contribution in [3.05, 3.63) is 40.6 Å². The number of rotatable bonds is 3. The molecule has 1 aromatic rings. The van der Waals surface area contributed by atoms with Crippen molar-refractivity contribution < 1.29 is 9.53 Å². The number of nitrogens with zero attached hydrogens (tertiary/aromatic N) is 1. The number of esters is 1. The number of allylic oxidation sites excluding steroid dienone is 1. The molecule has 0 atom stereocenters. The molecule has 0 spiro atoms. The molecule has 0 heterocycles. The standard InChI is InChI=1S/C16H19ClN2O2/c1-2-21-16(20)15(18)13-8-3-4-9-14(13)19-12-7-5-6-11(17)10-12/h5-7,10H,2-4,8-9,18H2,1H3/b15-13-,19-14?. The molecule has 0 radical (unpaired) electrons. The first-order chi connectivity index (χ1) is 10.1. The van der Waals surface area contributed by atoms with Crippen molar-refractivity contribution in [1.82, 2.24) is 0 Å². The number of hydrogen-bond acceptors (Lipinski definition) is 4. The smallest absolute Gasteiger partial charge is 0.354 e. The molecule has 112 valence electrons. The molecule has 2 rings (SSSR count). The van der Waals surface area contributed by atoms with Crippen molar-refractivity contribution in [1.29, 1.82) is 0 Å². The van der Waals surface area contributed by atoms with Crippen molar-refractivity contribution in [2.24, 2.45) is 10.7 Å². The van der Waals surface area contributed by atoms with Gasteiger partial charge in [0.25, 0.3) is 0 Å². The minimum atomic E-state index is -0.465. The van der Waals surface area contributed by atoms with Gasteiger partial charge in [0, 0.05) is 16.3 Å². The molecular weight excluding hydrogens is 288 g/mol. The van der Waals surface area contributed by atoms with Crippen molar-refractivity contribution in [3.8, 4) is 0 Å². The highest BCUT2D eigenvalue weighted by Crippen LogP contribution is 2.27. The average molecular weight is 307 g/mol. The Labute approximate surface area is 129 Å². The fraction of sp³-hybridized carbons (Fsp3) is 0.375. The predicted molar refractivity (Wildman–Crippen MR) is 84.9 cm³/mol. The lowest BCUT2D eigenvalue weighted by Gasteiger charge is -2.19. The third kappa shape index (κ3) is 4.08. The van der Waals surface area contributed by atoms with Gasteiger partial charge in [0.1, 0.15) is 5.70 Å². The van der Waals surface area contributed by atoms with Crippen LogP contribution < -0.4 is 5.73 Å². The van der Waals surface area contributed by atoms with E-state index in [4.69, 9.17) is 22.1 Å². The van der Waals surface area contributed by atoms with Gasteiger partial charge in [-0.3, -0.25) is 4.99 Å². The number of benzene rings is 1. The average Bonchev–Trinajstić information content (AvgIpc) is 2.47. The molecule has 0 aliphatic heterocycles. The molecule has 1 aromatic carbocycles. The summed E-state index contributed by atoms with van der Waals surface area (Å²) in [6.45, 7) is 2.07. The van der Waals surface area contributed by atoms with Crippen LogP contribution in [0.1, 0.15) is 32.6 Å². The second kappa shape index (κ2) is 7.27. The van der Waals surface area contributed by atoms with Crippen molar-refractivity contribution in [3.63, 3.8) is 0 Å². The number of nitrogens with two attached hydrogens (primary N) is 1. The van der Waals surface area contributed by atoms with Gasteiger partial charge in [0.2, 0.25) is 0 Å². The molecule has 0 unspecified atom stereocenters. The van der Waals surface area contributed by atoms with Gasteiger partial charge in [0.15, 0.2) is 0 Å².